The van der Waals surface area contributed by atoms with Gasteiger partial charge in [0.15, 0.2) is 5.82 Å². The molecule has 0 fully saturated rings. The van der Waals surface area contributed by atoms with Gasteiger partial charge in [-0.05, 0) is 41.2 Å². The number of rotatable bonds is 5. The number of hydrogen-bond donors (Lipinski definition) is 1. The zero-order valence-corrected chi connectivity index (χ0v) is 13.8. The van der Waals surface area contributed by atoms with Crippen LogP contribution in [0.2, 0.25) is 0 Å². The first-order valence-corrected chi connectivity index (χ1v) is 8.37. The molecule has 3 aromatic rings. The van der Waals surface area contributed by atoms with Gasteiger partial charge in [-0.15, -0.1) is 11.3 Å². The van der Waals surface area contributed by atoms with Gasteiger partial charge in [0, 0.05) is 11.3 Å². The van der Waals surface area contributed by atoms with Crippen molar-refractivity contribution in [1.82, 2.24) is 14.9 Å². The Labute approximate surface area is 138 Å². The fourth-order valence-corrected chi connectivity index (χ4v) is 2.99. The fourth-order valence-electron chi connectivity index (χ4n) is 2.09. The number of thiophene rings is 1. The number of benzene rings is 1. The van der Waals surface area contributed by atoms with Crippen molar-refractivity contribution < 1.29 is 0 Å². The van der Waals surface area contributed by atoms with Crippen LogP contribution in [0.4, 0.5) is 0 Å². The second-order valence-electron chi connectivity index (χ2n) is 4.85. The summed E-state index contributed by atoms with van der Waals surface area (Å²) in [6.45, 7) is 2.14. The lowest BCUT2D eigenvalue weighted by Crippen LogP contribution is -1.99. The van der Waals surface area contributed by atoms with Gasteiger partial charge in [-0.2, -0.15) is 14.9 Å². The van der Waals surface area contributed by atoms with Crippen LogP contribution in [0.15, 0.2) is 46.9 Å². The summed E-state index contributed by atoms with van der Waals surface area (Å²) in [5, 5.41) is 13.6. The molecule has 0 atom stereocenters. The Hall–Kier alpha value is -2.05. The number of hydrogen-bond acceptors (Lipinski definition) is 4. The minimum absolute atomic E-state index is 0.507. The lowest BCUT2D eigenvalue weighted by molar-refractivity contribution is 0.795. The van der Waals surface area contributed by atoms with Crippen LogP contribution in [0.5, 0.6) is 0 Å². The van der Waals surface area contributed by atoms with Crippen LogP contribution >= 0.6 is 23.6 Å². The van der Waals surface area contributed by atoms with Crippen LogP contribution < -0.4 is 0 Å². The number of nitrogens with one attached hydrogen (secondary N) is 1. The molecule has 0 aliphatic rings. The molecule has 0 radical (unpaired) electrons. The predicted molar refractivity (Wildman–Crippen MR) is 93.3 cm³/mol. The zero-order chi connectivity index (χ0) is 15.4. The summed E-state index contributed by atoms with van der Waals surface area (Å²) in [6.07, 6.45) is 3.56. The molecular weight excluding hydrogens is 312 g/mol. The van der Waals surface area contributed by atoms with Crippen molar-refractivity contribution in [2.45, 2.75) is 19.8 Å². The van der Waals surface area contributed by atoms with Gasteiger partial charge < -0.3 is 0 Å². The molecule has 1 aromatic carbocycles. The van der Waals surface area contributed by atoms with Gasteiger partial charge in [-0.1, -0.05) is 37.3 Å². The van der Waals surface area contributed by atoms with E-state index in [0.717, 1.165) is 24.2 Å². The van der Waals surface area contributed by atoms with Crippen molar-refractivity contribution in [3.05, 3.63) is 68.4 Å². The first-order valence-electron chi connectivity index (χ1n) is 7.08. The Morgan fingerprint density at radius 2 is 2.14 bits per heavy atom. The lowest BCUT2D eigenvalue weighted by atomic mass is 10.1. The number of H-pyrrole nitrogens is 1. The SMILES string of the molecule is CCc1ccc(/C=N\n2c(Cc3cccs3)n[nH]c2=S)cc1. The van der Waals surface area contributed by atoms with Crippen molar-refractivity contribution in [3.8, 4) is 0 Å². The van der Waals surface area contributed by atoms with Crippen LogP contribution in [-0.2, 0) is 12.8 Å². The van der Waals surface area contributed by atoms with Gasteiger partial charge in [0.25, 0.3) is 0 Å². The predicted octanol–water partition coefficient (Wildman–Crippen LogP) is 4.04. The van der Waals surface area contributed by atoms with E-state index in [9.17, 15) is 0 Å². The molecule has 4 nitrogen and oxygen atoms in total. The summed E-state index contributed by atoms with van der Waals surface area (Å²) in [4.78, 5) is 1.23. The van der Waals surface area contributed by atoms with Crippen molar-refractivity contribution in [1.29, 1.82) is 0 Å². The quantitative estimate of drug-likeness (QED) is 0.567. The average Bonchev–Trinajstić information content (AvgIpc) is 3.17. The Morgan fingerprint density at radius 1 is 1.32 bits per heavy atom. The maximum absolute atomic E-state index is 5.26. The smallest absolute Gasteiger partial charge is 0.216 e. The molecule has 2 heterocycles. The van der Waals surface area contributed by atoms with Crippen LogP contribution in [0.25, 0.3) is 0 Å². The van der Waals surface area contributed by atoms with E-state index in [1.54, 1.807) is 16.0 Å². The molecule has 0 amide bonds. The first kappa shape index (κ1) is 14.9. The van der Waals surface area contributed by atoms with Crippen LogP contribution in [0, 0.1) is 4.77 Å². The van der Waals surface area contributed by atoms with Crippen LogP contribution in [0.3, 0.4) is 0 Å². The van der Waals surface area contributed by atoms with E-state index in [1.165, 1.54) is 10.4 Å². The van der Waals surface area contributed by atoms with E-state index in [4.69, 9.17) is 12.2 Å². The van der Waals surface area contributed by atoms with Gasteiger partial charge in [0.1, 0.15) is 0 Å². The van der Waals surface area contributed by atoms with Crippen LogP contribution in [-0.4, -0.2) is 21.1 Å². The van der Waals surface area contributed by atoms with Crippen LogP contribution in [0.1, 0.15) is 28.8 Å². The van der Waals surface area contributed by atoms with E-state index in [-0.39, 0.29) is 0 Å². The maximum atomic E-state index is 5.26. The highest BCUT2D eigenvalue weighted by Gasteiger charge is 2.06. The van der Waals surface area contributed by atoms with Crippen molar-refractivity contribution >= 4 is 29.8 Å². The summed E-state index contributed by atoms with van der Waals surface area (Å²) in [6, 6.07) is 12.5. The Kier molecular flexibility index (Phi) is 4.60. The van der Waals surface area contributed by atoms with Crippen molar-refractivity contribution in [2.24, 2.45) is 5.10 Å². The monoisotopic (exact) mass is 328 g/mol. The molecule has 6 heteroatoms. The normalized spacial score (nSPS) is 11.3. The van der Waals surface area contributed by atoms with Crippen molar-refractivity contribution in [3.63, 3.8) is 0 Å². The minimum Gasteiger partial charge on any atom is -0.250 e. The van der Waals surface area contributed by atoms with Gasteiger partial charge in [0.05, 0.1) is 6.21 Å². The van der Waals surface area contributed by atoms with E-state index < -0.39 is 0 Å². The summed E-state index contributed by atoms with van der Waals surface area (Å²) in [5.74, 6) is 0.814. The Balaban J connectivity index is 1.83. The third-order valence-electron chi connectivity index (χ3n) is 3.34. The highest BCUT2D eigenvalue weighted by atomic mass is 32.1. The van der Waals surface area contributed by atoms with Gasteiger partial charge >= 0.3 is 0 Å². The zero-order valence-electron chi connectivity index (χ0n) is 12.2. The van der Waals surface area contributed by atoms with E-state index in [0.29, 0.717) is 4.77 Å². The number of aromatic nitrogens is 3. The highest BCUT2D eigenvalue weighted by molar-refractivity contribution is 7.71. The lowest BCUT2D eigenvalue weighted by Gasteiger charge is -2.00. The van der Waals surface area contributed by atoms with Gasteiger partial charge in [-0.25, -0.2) is 0 Å². The Bertz CT molecular complexity index is 811. The summed E-state index contributed by atoms with van der Waals surface area (Å²) in [5.41, 5.74) is 2.36. The number of nitrogens with zero attached hydrogens (tertiary/aromatic N) is 3. The summed E-state index contributed by atoms with van der Waals surface area (Å²) in [7, 11) is 0. The fraction of sp³-hybridized carbons (Fsp3) is 0.188. The number of aromatic amines is 1. The van der Waals surface area contributed by atoms with Gasteiger partial charge in [0.2, 0.25) is 4.77 Å². The van der Waals surface area contributed by atoms with Crippen molar-refractivity contribution in [2.75, 3.05) is 0 Å². The molecule has 3 rings (SSSR count). The topological polar surface area (TPSA) is 46.0 Å². The van der Waals surface area contributed by atoms with E-state index in [1.807, 2.05) is 12.3 Å². The molecular formula is C16H16N4S2. The first-order chi connectivity index (χ1) is 10.8. The Morgan fingerprint density at radius 3 is 2.82 bits per heavy atom. The molecule has 2 aromatic heterocycles. The second-order valence-corrected chi connectivity index (χ2v) is 6.27. The molecule has 0 spiro atoms. The molecule has 0 saturated heterocycles. The second kappa shape index (κ2) is 6.81. The number of aryl methyl sites for hydroxylation is 1. The third-order valence-corrected chi connectivity index (χ3v) is 4.48. The summed E-state index contributed by atoms with van der Waals surface area (Å²) >= 11 is 6.96. The largest absolute Gasteiger partial charge is 0.250 e. The molecule has 0 aliphatic heterocycles. The van der Waals surface area contributed by atoms with Gasteiger partial charge in [-0.3, -0.25) is 5.10 Å². The average molecular weight is 328 g/mol. The van der Waals surface area contributed by atoms with E-state index >= 15 is 0 Å². The molecule has 0 unspecified atom stereocenters. The maximum Gasteiger partial charge on any atom is 0.216 e. The molecule has 0 aliphatic carbocycles. The molecule has 0 saturated carbocycles. The molecule has 112 valence electrons. The third kappa shape index (κ3) is 3.40. The molecule has 1 N–H and O–H groups in total. The van der Waals surface area contributed by atoms with E-state index in [2.05, 4.69) is 57.9 Å². The summed E-state index contributed by atoms with van der Waals surface area (Å²) < 4.78 is 2.19. The molecule has 22 heavy (non-hydrogen) atoms. The minimum atomic E-state index is 0.507. The molecule has 0 bridgehead atoms. The standard InChI is InChI=1S/C16H16N4S2/c1-2-12-5-7-13(8-6-12)11-17-20-15(18-19-16(20)21)10-14-4-3-9-22-14/h3-9,11H,2,10H2,1H3,(H,19,21)/b17-11-. The highest BCUT2D eigenvalue weighted by Crippen LogP contribution is 2.13.